The number of anilines is 1. The minimum Gasteiger partial charge on any atom is -0.302 e. The van der Waals surface area contributed by atoms with Gasteiger partial charge in [0, 0.05) is 23.4 Å². The molecule has 0 saturated carbocycles. The second-order valence-corrected chi connectivity index (χ2v) is 8.49. The minimum atomic E-state index is -0.290. The normalized spacial score (nSPS) is 14.3. The van der Waals surface area contributed by atoms with Crippen molar-refractivity contribution in [2.24, 2.45) is 0 Å². The number of hydrogen-bond acceptors (Lipinski definition) is 5. The number of aryl methyl sites for hydroxylation is 2. The Bertz CT molecular complexity index is 1150. The summed E-state index contributed by atoms with van der Waals surface area (Å²) in [6, 6.07) is 15.0. The lowest BCUT2D eigenvalue weighted by molar-refractivity contribution is -0.116. The van der Waals surface area contributed by atoms with Gasteiger partial charge >= 0.3 is 0 Å². The van der Waals surface area contributed by atoms with Gasteiger partial charge in [-0.25, -0.2) is 4.98 Å². The van der Waals surface area contributed by atoms with E-state index >= 15 is 0 Å². The zero-order chi connectivity index (χ0) is 20.7. The Balaban J connectivity index is 1.19. The topological polar surface area (TPSA) is 79.4 Å². The van der Waals surface area contributed by atoms with Crippen molar-refractivity contribution in [3.8, 4) is 11.3 Å². The molecule has 0 radical (unpaired) electrons. The number of nitrogens with one attached hydrogen (secondary N) is 1. The molecule has 0 unspecified atom stereocenters. The van der Waals surface area contributed by atoms with E-state index in [4.69, 9.17) is 0 Å². The third-order valence-electron chi connectivity index (χ3n) is 5.50. The molecule has 0 atom stereocenters. The van der Waals surface area contributed by atoms with Crippen LogP contribution in [0.5, 0.6) is 0 Å². The standard InChI is InChI=1S/C23H19N3O3S/c27-19(10-5-13-26-21(28)16-8-3-4-9-17(16)22(26)29)24-23-25-20-15-7-2-1-6-14(15)11-12-18(20)30-23/h1-4,6-9H,5,10-13H2,(H,24,25,27). The molecule has 0 spiro atoms. The van der Waals surface area contributed by atoms with E-state index in [1.807, 2.05) is 12.1 Å². The monoisotopic (exact) mass is 417 g/mol. The fraction of sp³-hybridized carbons (Fsp3) is 0.217. The van der Waals surface area contributed by atoms with Crippen molar-refractivity contribution in [2.75, 3.05) is 11.9 Å². The molecule has 3 amide bonds. The molecule has 5 rings (SSSR count). The minimum absolute atomic E-state index is 0.161. The average molecular weight is 417 g/mol. The number of thiazole rings is 1. The van der Waals surface area contributed by atoms with Gasteiger partial charge in [-0.2, -0.15) is 0 Å². The molecule has 1 aliphatic carbocycles. The maximum atomic E-state index is 12.4. The highest BCUT2D eigenvalue weighted by Gasteiger charge is 2.34. The summed E-state index contributed by atoms with van der Waals surface area (Å²) in [5.74, 6) is -0.740. The van der Waals surface area contributed by atoms with E-state index in [2.05, 4.69) is 22.4 Å². The van der Waals surface area contributed by atoms with Crippen LogP contribution in [0.2, 0.25) is 0 Å². The number of imide groups is 1. The number of hydrogen-bond donors (Lipinski definition) is 1. The molecule has 2 aromatic carbocycles. The van der Waals surface area contributed by atoms with Crippen LogP contribution in [0, 0.1) is 0 Å². The Morgan fingerprint density at radius 1 is 0.967 bits per heavy atom. The Morgan fingerprint density at radius 2 is 1.63 bits per heavy atom. The maximum Gasteiger partial charge on any atom is 0.261 e. The van der Waals surface area contributed by atoms with Crippen LogP contribution in [-0.2, 0) is 17.6 Å². The Hall–Kier alpha value is -3.32. The van der Waals surface area contributed by atoms with E-state index in [1.165, 1.54) is 26.7 Å². The molecule has 3 aromatic rings. The molecule has 1 N–H and O–H groups in total. The molecule has 1 aromatic heterocycles. The third-order valence-corrected chi connectivity index (χ3v) is 6.53. The molecule has 2 heterocycles. The number of benzene rings is 2. The highest BCUT2D eigenvalue weighted by molar-refractivity contribution is 7.16. The van der Waals surface area contributed by atoms with Crippen LogP contribution in [0.1, 0.15) is 44.0 Å². The first-order valence-corrected chi connectivity index (χ1v) is 10.8. The molecule has 30 heavy (non-hydrogen) atoms. The van der Waals surface area contributed by atoms with Gasteiger partial charge in [0.1, 0.15) is 0 Å². The van der Waals surface area contributed by atoms with Gasteiger partial charge in [-0.1, -0.05) is 36.4 Å². The zero-order valence-electron chi connectivity index (χ0n) is 16.2. The quantitative estimate of drug-likeness (QED) is 0.638. The van der Waals surface area contributed by atoms with Crippen LogP contribution < -0.4 is 5.32 Å². The van der Waals surface area contributed by atoms with Gasteiger partial charge in [0.15, 0.2) is 5.13 Å². The number of nitrogens with zero attached hydrogens (tertiary/aromatic N) is 2. The average Bonchev–Trinajstić information content (AvgIpc) is 3.28. The second-order valence-electron chi connectivity index (χ2n) is 7.41. The van der Waals surface area contributed by atoms with Crippen molar-refractivity contribution in [3.63, 3.8) is 0 Å². The van der Waals surface area contributed by atoms with E-state index in [0.29, 0.717) is 22.7 Å². The van der Waals surface area contributed by atoms with Gasteiger partial charge in [-0.3, -0.25) is 19.3 Å². The van der Waals surface area contributed by atoms with Crippen LogP contribution >= 0.6 is 11.3 Å². The van der Waals surface area contributed by atoms with Gasteiger partial charge < -0.3 is 5.32 Å². The molecule has 0 saturated heterocycles. The van der Waals surface area contributed by atoms with Crippen LogP contribution in [-0.4, -0.2) is 34.2 Å². The summed E-state index contributed by atoms with van der Waals surface area (Å²) in [6.45, 7) is 0.224. The van der Waals surface area contributed by atoms with E-state index in [0.717, 1.165) is 24.1 Å². The lowest BCUT2D eigenvalue weighted by Crippen LogP contribution is -2.31. The van der Waals surface area contributed by atoms with Crippen molar-refractivity contribution >= 4 is 34.2 Å². The summed E-state index contributed by atoms with van der Waals surface area (Å²) >= 11 is 1.52. The van der Waals surface area contributed by atoms with Gasteiger partial charge in [-0.05, 0) is 37.0 Å². The van der Waals surface area contributed by atoms with Gasteiger partial charge in [0.05, 0.1) is 16.8 Å². The Kier molecular flexibility index (Phi) is 4.67. The molecule has 0 fully saturated rings. The Labute approximate surface area is 177 Å². The molecule has 2 aliphatic rings. The summed E-state index contributed by atoms with van der Waals surface area (Å²) in [5, 5.41) is 3.47. The van der Waals surface area contributed by atoms with Crippen molar-refractivity contribution in [1.82, 2.24) is 9.88 Å². The Morgan fingerprint density at radius 3 is 2.37 bits per heavy atom. The van der Waals surface area contributed by atoms with E-state index in [9.17, 15) is 14.4 Å². The number of amides is 3. The van der Waals surface area contributed by atoms with Gasteiger partial charge in [-0.15, -0.1) is 11.3 Å². The van der Waals surface area contributed by atoms with Crippen molar-refractivity contribution < 1.29 is 14.4 Å². The van der Waals surface area contributed by atoms with Gasteiger partial charge in [0.25, 0.3) is 11.8 Å². The van der Waals surface area contributed by atoms with E-state index in [1.54, 1.807) is 24.3 Å². The zero-order valence-corrected chi connectivity index (χ0v) is 17.0. The number of aromatic nitrogens is 1. The molecule has 150 valence electrons. The first kappa shape index (κ1) is 18.7. The number of carbonyl (C=O) groups excluding carboxylic acids is 3. The maximum absolute atomic E-state index is 12.4. The smallest absolute Gasteiger partial charge is 0.261 e. The highest BCUT2D eigenvalue weighted by atomic mass is 32.1. The predicted molar refractivity (Wildman–Crippen MR) is 115 cm³/mol. The molecule has 1 aliphatic heterocycles. The largest absolute Gasteiger partial charge is 0.302 e. The highest BCUT2D eigenvalue weighted by Crippen LogP contribution is 2.38. The van der Waals surface area contributed by atoms with E-state index < -0.39 is 0 Å². The second kappa shape index (κ2) is 7.50. The summed E-state index contributed by atoms with van der Waals surface area (Å²) in [4.78, 5) is 44.2. The summed E-state index contributed by atoms with van der Waals surface area (Å²) in [6.07, 6.45) is 2.54. The molecular weight excluding hydrogens is 398 g/mol. The molecular formula is C23H19N3O3S. The summed E-state index contributed by atoms with van der Waals surface area (Å²) in [5.41, 5.74) is 4.25. The lowest BCUT2D eigenvalue weighted by Gasteiger charge is -2.13. The van der Waals surface area contributed by atoms with Crippen molar-refractivity contribution in [3.05, 3.63) is 70.1 Å². The third kappa shape index (κ3) is 3.21. The molecule has 7 heteroatoms. The number of fused-ring (bicyclic) bond motifs is 4. The first-order chi connectivity index (χ1) is 14.6. The lowest BCUT2D eigenvalue weighted by atomic mass is 9.94. The molecule has 0 bridgehead atoms. The number of rotatable bonds is 5. The van der Waals surface area contributed by atoms with Crippen molar-refractivity contribution in [1.29, 1.82) is 0 Å². The SMILES string of the molecule is O=C(CCCN1C(=O)c2ccccc2C1=O)Nc1nc2c(s1)CCc1ccccc1-2. The van der Waals surface area contributed by atoms with Crippen LogP contribution in [0.4, 0.5) is 5.13 Å². The summed E-state index contributed by atoms with van der Waals surface area (Å²) < 4.78 is 0. The fourth-order valence-electron chi connectivity index (χ4n) is 4.02. The van der Waals surface area contributed by atoms with Crippen molar-refractivity contribution in [2.45, 2.75) is 25.7 Å². The fourth-order valence-corrected chi connectivity index (χ4v) is 5.02. The van der Waals surface area contributed by atoms with Crippen LogP contribution in [0.3, 0.4) is 0 Å². The summed E-state index contributed by atoms with van der Waals surface area (Å²) in [7, 11) is 0. The van der Waals surface area contributed by atoms with Crippen LogP contribution in [0.15, 0.2) is 48.5 Å². The van der Waals surface area contributed by atoms with E-state index in [-0.39, 0.29) is 30.7 Å². The number of carbonyl (C=O) groups is 3. The van der Waals surface area contributed by atoms with Crippen LogP contribution in [0.25, 0.3) is 11.3 Å². The first-order valence-electron chi connectivity index (χ1n) is 9.95. The predicted octanol–water partition coefficient (Wildman–Crippen LogP) is 3.92. The van der Waals surface area contributed by atoms with Gasteiger partial charge in [0.2, 0.25) is 5.91 Å². The molecule has 6 nitrogen and oxygen atoms in total.